The molecule has 4 rings (SSSR count). The number of carbonyl (C=O) groups excluding carboxylic acids is 2. The molecule has 1 N–H and O–H groups in total. The molecule has 0 bridgehead atoms. The first-order valence-corrected chi connectivity index (χ1v) is 10.1. The van der Waals surface area contributed by atoms with Gasteiger partial charge in [-0.1, -0.05) is 36.4 Å². The van der Waals surface area contributed by atoms with Crippen molar-refractivity contribution in [3.8, 4) is 0 Å². The summed E-state index contributed by atoms with van der Waals surface area (Å²) in [5.41, 5.74) is 1.38. The Kier molecular flexibility index (Phi) is 5.96. The van der Waals surface area contributed by atoms with E-state index in [1.807, 2.05) is 42.5 Å². The van der Waals surface area contributed by atoms with Crippen molar-refractivity contribution in [2.45, 2.75) is 6.42 Å². The quantitative estimate of drug-likeness (QED) is 0.251. The minimum absolute atomic E-state index is 0.0911. The number of methoxy groups -OCH3 is 1. The molecule has 1 heterocycles. The average Bonchev–Trinajstić information content (AvgIpc) is 3.03. The highest BCUT2D eigenvalue weighted by atomic mass is 16.6. The lowest BCUT2D eigenvalue weighted by Crippen LogP contribution is -2.33. The Morgan fingerprint density at radius 1 is 0.969 bits per heavy atom. The molecule has 162 valence electrons. The smallest absolute Gasteiger partial charge is 0.278 e. The van der Waals surface area contributed by atoms with Crippen LogP contribution in [0.4, 0.5) is 11.4 Å². The summed E-state index contributed by atoms with van der Waals surface area (Å²) in [5, 5.41) is 16.1. The molecule has 8 nitrogen and oxygen atoms in total. The fraction of sp³-hybridized carbons (Fsp3) is 0.167. The number of carbonyl (C=O) groups is 2. The number of hydrogen-bond donors (Lipinski definition) is 1. The normalized spacial score (nSPS) is 13.8. The van der Waals surface area contributed by atoms with Crippen LogP contribution in [0, 0.1) is 10.1 Å². The molecule has 0 atom stereocenters. The Labute approximate surface area is 184 Å². The van der Waals surface area contributed by atoms with E-state index in [0.29, 0.717) is 24.3 Å². The Hall–Kier alpha value is -4.04. The highest BCUT2D eigenvalue weighted by Gasteiger charge is 2.39. The standard InChI is InChI=1S/C24H21N3O5/c1-32-15-5-14-26-23(28)21(17-10-12-18(13-11-17)27(30)31)22(24(26)29)25-20-9-4-7-16-6-2-3-8-19(16)20/h2-4,6-13,25H,5,14-15H2,1H3. The molecule has 1 aliphatic rings. The number of hydrogen-bond acceptors (Lipinski definition) is 6. The average molecular weight is 431 g/mol. The van der Waals surface area contributed by atoms with Crippen LogP contribution >= 0.6 is 0 Å². The number of fused-ring (bicyclic) bond motifs is 1. The van der Waals surface area contributed by atoms with Crippen LogP contribution in [-0.2, 0) is 14.3 Å². The highest BCUT2D eigenvalue weighted by Crippen LogP contribution is 2.33. The van der Waals surface area contributed by atoms with Crippen LogP contribution in [-0.4, -0.2) is 41.9 Å². The van der Waals surface area contributed by atoms with Crippen molar-refractivity contribution < 1.29 is 19.2 Å². The molecule has 0 aliphatic carbocycles. The second-order valence-corrected chi connectivity index (χ2v) is 7.31. The molecule has 0 spiro atoms. The first-order chi connectivity index (χ1) is 15.5. The van der Waals surface area contributed by atoms with Crippen molar-refractivity contribution in [1.29, 1.82) is 0 Å². The van der Waals surface area contributed by atoms with Crippen molar-refractivity contribution in [3.05, 3.63) is 88.1 Å². The summed E-state index contributed by atoms with van der Waals surface area (Å²) < 4.78 is 5.05. The van der Waals surface area contributed by atoms with E-state index < -0.39 is 16.7 Å². The SMILES string of the molecule is COCCCN1C(=O)C(Nc2cccc3ccccc23)=C(c2ccc([N+](=O)[O-])cc2)C1=O. The monoisotopic (exact) mass is 431 g/mol. The number of nitro groups is 1. The summed E-state index contributed by atoms with van der Waals surface area (Å²) in [6.07, 6.45) is 0.503. The number of nitro benzene ring substituents is 1. The third-order valence-electron chi connectivity index (χ3n) is 5.31. The van der Waals surface area contributed by atoms with Crippen molar-refractivity contribution in [2.75, 3.05) is 25.6 Å². The van der Waals surface area contributed by atoms with Crippen molar-refractivity contribution in [3.63, 3.8) is 0 Å². The van der Waals surface area contributed by atoms with Gasteiger partial charge < -0.3 is 10.1 Å². The van der Waals surface area contributed by atoms with E-state index in [0.717, 1.165) is 10.8 Å². The van der Waals surface area contributed by atoms with E-state index in [9.17, 15) is 19.7 Å². The molecule has 0 radical (unpaired) electrons. The first-order valence-electron chi connectivity index (χ1n) is 10.1. The maximum absolute atomic E-state index is 13.2. The van der Waals surface area contributed by atoms with E-state index in [1.165, 1.54) is 29.2 Å². The molecule has 3 aromatic carbocycles. The number of rotatable bonds is 8. The number of nitrogens with zero attached hydrogens (tertiary/aromatic N) is 2. The van der Waals surface area contributed by atoms with Crippen LogP contribution < -0.4 is 5.32 Å². The lowest BCUT2D eigenvalue weighted by molar-refractivity contribution is -0.384. The summed E-state index contributed by atoms with van der Waals surface area (Å²) >= 11 is 0. The van der Waals surface area contributed by atoms with Gasteiger partial charge in [0.2, 0.25) is 0 Å². The Balaban J connectivity index is 1.78. The molecule has 2 amide bonds. The second kappa shape index (κ2) is 8.99. The minimum atomic E-state index is -0.508. The van der Waals surface area contributed by atoms with Gasteiger partial charge in [-0.15, -0.1) is 0 Å². The van der Waals surface area contributed by atoms with Gasteiger partial charge in [-0.05, 0) is 35.6 Å². The minimum Gasteiger partial charge on any atom is -0.385 e. The van der Waals surface area contributed by atoms with Crippen LogP contribution in [0.2, 0.25) is 0 Å². The molecule has 0 aromatic heterocycles. The van der Waals surface area contributed by atoms with Gasteiger partial charge >= 0.3 is 0 Å². The Bertz CT molecular complexity index is 1230. The molecule has 3 aromatic rings. The van der Waals surface area contributed by atoms with Crippen LogP contribution in [0.1, 0.15) is 12.0 Å². The molecule has 0 saturated heterocycles. The summed E-state index contributed by atoms with van der Waals surface area (Å²) in [5.74, 6) is -0.880. The maximum atomic E-state index is 13.2. The summed E-state index contributed by atoms with van der Waals surface area (Å²) in [6.45, 7) is 0.624. The Morgan fingerprint density at radius 3 is 2.41 bits per heavy atom. The van der Waals surface area contributed by atoms with Crippen molar-refractivity contribution in [2.24, 2.45) is 0 Å². The van der Waals surface area contributed by atoms with Crippen LogP contribution in [0.15, 0.2) is 72.4 Å². The zero-order valence-corrected chi connectivity index (χ0v) is 17.4. The van der Waals surface area contributed by atoms with E-state index >= 15 is 0 Å². The third-order valence-corrected chi connectivity index (χ3v) is 5.31. The van der Waals surface area contributed by atoms with E-state index in [-0.39, 0.29) is 23.5 Å². The summed E-state index contributed by atoms with van der Waals surface area (Å²) in [7, 11) is 1.56. The molecule has 0 saturated carbocycles. The molecule has 1 aliphatic heterocycles. The molecular formula is C24H21N3O5. The van der Waals surface area contributed by atoms with Gasteiger partial charge in [-0.25, -0.2) is 0 Å². The topological polar surface area (TPSA) is 102 Å². The van der Waals surface area contributed by atoms with E-state index in [2.05, 4.69) is 5.32 Å². The van der Waals surface area contributed by atoms with E-state index in [4.69, 9.17) is 4.74 Å². The number of anilines is 1. The lowest BCUT2D eigenvalue weighted by Gasteiger charge is -2.15. The summed E-state index contributed by atoms with van der Waals surface area (Å²) in [6, 6.07) is 19.0. The zero-order valence-electron chi connectivity index (χ0n) is 17.4. The maximum Gasteiger partial charge on any atom is 0.278 e. The number of benzene rings is 3. The number of nitrogens with one attached hydrogen (secondary N) is 1. The van der Waals surface area contributed by atoms with Crippen molar-refractivity contribution in [1.82, 2.24) is 4.90 Å². The number of imide groups is 1. The molecular weight excluding hydrogens is 410 g/mol. The van der Waals surface area contributed by atoms with Crippen LogP contribution in [0.3, 0.4) is 0 Å². The van der Waals surface area contributed by atoms with E-state index in [1.54, 1.807) is 7.11 Å². The Morgan fingerprint density at radius 2 is 1.69 bits per heavy atom. The van der Waals surface area contributed by atoms with Gasteiger partial charge in [-0.3, -0.25) is 24.6 Å². The highest BCUT2D eigenvalue weighted by molar-refractivity contribution is 6.36. The van der Waals surface area contributed by atoms with Crippen molar-refractivity contribution >= 4 is 39.5 Å². The largest absolute Gasteiger partial charge is 0.385 e. The van der Waals surface area contributed by atoms with Gasteiger partial charge in [0.15, 0.2) is 0 Å². The number of non-ortho nitro benzene ring substituents is 1. The van der Waals surface area contributed by atoms with Crippen LogP contribution in [0.25, 0.3) is 16.3 Å². The third kappa shape index (κ3) is 3.95. The molecule has 32 heavy (non-hydrogen) atoms. The van der Waals surface area contributed by atoms with Gasteiger partial charge in [0.1, 0.15) is 5.70 Å². The van der Waals surface area contributed by atoms with Crippen LogP contribution in [0.5, 0.6) is 0 Å². The predicted molar refractivity (Wildman–Crippen MR) is 121 cm³/mol. The van der Waals surface area contributed by atoms with Gasteiger partial charge in [0, 0.05) is 43.5 Å². The second-order valence-electron chi connectivity index (χ2n) is 7.31. The van der Waals surface area contributed by atoms with Gasteiger partial charge in [0.25, 0.3) is 17.5 Å². The first kappa shape index (κ1) is 21.2. The zero-order chi connectivity index (χ0) is 22.7. The van der Waals surface area contributed by atoms with Gasteiger partial charge in [0.05, 0.1) is 10.5 Å². The fourth-order valence-electron chi connectivity index (χ4n) is 3.75. The van der Waals surface area contributed by atoms with Gasteiger partial charge in [-0.2, -0.15) is 0 Å². The fourth-order valence-corrected chi connectivity index (χ4v) is 3.75. The molecule has 8 heteroatoms. The summed E-state index contributed by atoms with van der Waals surface area (Å²) in [4.78, 5) is 38.2. The molecule has 0 fully saturated rings. The number of ether oxygens (including phenoxy) is 1. The number of amides is 2. The molecule has 0 unspecified atom stereocenters. The lowest BCUT2D eigenvalue weighted by atomic mass is 10.0. The predicted octanol–water partition coefficient (Wildman–Crippen LogP) is 3.98.